The summed E-state index contributed by atoms with van der Waals surface area (Å²) >= 11 is 0. The van der Waals surface area contributed by atoms with Crippen molar-refractivity contribution in [2.75, 3.05) is 0 Å². The van der Waals surface area contributed by atoms with Gasteiger partial charge in [-0.1, -0.05) is 78.9 Å². The maximum absolute atomic E-state index is 11.4. The number of nitrogens with zero attached hydrogens (tertiary/aromatic N) is 2. The third kappa shape index (κ3) is 5.10. The number of carbonyl (C=O) groups excluding carboxylic acids is 1. The summed E-state index contributed by atoms with van der Waals surface area (Å²) in [6.07, 6.45) is 3.71. The van der Waals surface area contributed by atoms with Crippen LogP contribution in [0.4, 0.5) is 0 Å². The summed E-state index contributed by atoms with van der Waals surface area (Å²) in [5, 5.41) is 8.77. The number of rotatable bonds is 7. The van der Waals surface area contributed by atoms with Crippen LogP contribution in [-0.4, -0.2) is 20.7 Å². The number of hydroxylamine groups is 1. The average Bonchev–Trinajstić information content (AvgIpc) is 3.18. The molecule has 4 rings (SSSR count). The molecule has 33 heavy (non-hydrogen) atoms. The van der Waals surface area contributed by atoms with Crippen LogP contribution >= 0.6 is 0 Å². The van der Waals surface area contributed by atoms with E-state index in [1.54, 1.807) is 11.6 Å². The number of amides is 1. The minimum Gasteiger partial charge on any atom is -0.321 e. The molecule has 1 heterocycles. The van der Waals surface area contributed by atoms with Crippen LogP contribution in [0.25, 0.3) is 17.3 Å². The number of nitrogens with one attached hydrogen (secondary N) is 1. The molecule has 1 unspecified atom stereocenters. The second kappa shape index (κ2) is 10.1. The molecule has 2 N–H and O–H groups in total. The lowest BCUT2D eigenvalue weighted by Crippen LogP contribution is -2.14. The first-order valence-electron chi connectivity index (χ1n) is 11.0. The molecule has 0 spiro atoms. The molecule has 0 aliphatic carbocycles. The third-order valence-electron chi connectivity index (χ3n) is 5.74. The molecule has 5 heteroatoms. The van der Waals surface area contributed by atoms with Gasteiger partial charge in [0.15, 0.2) is 0 Å². The number of carbonyl (C=O) groups is 1. The van der Waals surface area contributed by atoms with Gasteiger partial charge in [-0.15, -0.1) is 0 Å². The second-order valence-electron chi connectivity index (χ2n) is 8.01. The molecule has 0 bridgehead atoms. The molecule has 0 saturated carbocycles. The Morgan fingerprint density at radius 2 is 1.73 bits per heavy atom. The molecule has 1 aromatic heterocycles. The zero-order valence-electron chi connectivity index (χ0n) is 18.8. The maximum Gasteiger partial charge on any atom is 0.267 e. The topological polar surface area (TPSA) is 67.2 Å². The van der Waals surface area contributed by atoms with Crippen molar-refractivity contribution in [3.8, 4) is 11.3 Å². The SMILES string of the molecule is Cc1nc(Cc2ccccc2)c(-c2cccc(/C=C/C(=O)NO)c2)n1C(C)c1ccccc1. The summed E-state index contributed by atoms with van der Waals surface area (Å²) in [6.45, 7) is 4.24. The van der Waals surface area contributed by atoms with Gasteiger partial charge >= 0.3 is 0 Å². The minimum absolute atomic E-state index is 0.0950. The van der Waals surface area contributed by atoms with Gasteiger partial charge < -0.3 is 4.57 Å². The predicted octanol–water partition coefficient (Wildman–Crippen LogP) is 5.58. The van der Waals surface area contributed by atoms with Crippen molar-refractivity contribution in [1.29, 1.82) is 0 Å². The molecular weight excluding hydrogens is 410 g/mol. The fourth-order valence-corrected chi connectivity index (χ4v) is 4.17. The first-order valence-corrected chi connectivity index (χ1v) is 11.0. The first kappa shape index (κ1) is 22.2. The van der Waals surface area contributed by atoms with Crippen molar-refractivity contribution in [2.45, 2.75) is 26.3 Å². The van der Waals surface area contributed by atoms with E-state index in [0.29, 0.717) is 0 Å². The van der Waals surface area contributed by atoms with E-state index in [4.69, 9.17) is 10.2 Å². The van der Waals surface area contributed by atoms with Crippen LogP contribution in [0.15, 0.2) is 91.0 Å². The van der Waals surface area contributed by atoms with Gasteiger partial charge in [-0.2, -0.15) is 0 Å². The highest BCUT2D eigenvalue weighted by Crippen LogP contribution is 2.33. The Morgan fingerprint density at radius 1 is 1.03 bits per heavy atom. The van der Waals surface area contributed by atoms with E-state index < -0.39 is 5.91 Å². The van der Waals surface area contributed by atoms with Gasteiger partial charge in [-0.3, -0.25) is 10.0 Å². The smallest absolute Gasteiger partial charge is 0.267 e. The van der Waals surface area contributed by atoms with Crippen molar-refractivity contribution in [2.24, 2.45) is 0 Å². The van der Waals surface area contributed by atoms with Crippen molar-refractivity contribution >= 4 is 12.0 Å². The highest BCUT2D eigenvalue weighted by molar-refractivity contribution is 5.91. The zero-order valence-corrected chi connectivity index (χ0v) is 18.8. The molecule has 0 aliphatic rings. The standard InChI is InChI=1S/C28H27N3O2/c1-20(24-13-7-4-8-14-24)31-21(2)29-26(19-22-10-5-3-6-11-22)28(31)25-15-9-12-23(18-25)16-17-27(32)30-33/h3-18,20,33H,19H2,1-2H3,(H,30,32)/b17-16+. The lowest BCUT2D eigenvalue weighted by Gasteiger charge is -2.20. The Hall–Kier alpha value is -3.96. The van der Waals surface area contributed by atoms with Crippen LogP contribution in [0.1, 0.15) is 41.2 Å². The van der Waals surface area contributed by atoms with Crippen LogP contribution in [0.5, 0.6) is 0 Å². The molecule has 4 aromatic rings. The highest BCUT2D eigenvalue weighted by atomic mass is 16.5. The van der Waals surface area contributed by atoms with Crippen molar-refractivity contribution in [3.05, 3.63) is 119 Å². The number of hydrogen-bond donors (Lipinski definition) is 2. The van der Waals surface area contributed by atoms with Gasteiger partial charge in [-0.25, -0.2) is 10.5 Å². The van der Waals surface area contributed by atoms with E-state index in [-0.39, 0.29) is 6.04 Å². The summed E-state index contributed by atoms with van der Waals surface area (Å²) in [4.78, 5) is 16.4. The van der Waals surface area contributed by atoms with Crippen molar-refractivity contribution < 1.29 is 10.0 Å². The molecule has 0 aliphatic heterocycles. The van der Waals surface area contributed by atoms with Crippen LogP contribution < -0.4 is 5.48 Å². The molecule has 166 valence electrons. The second-order valence-corrected chi connectivity index (χ2v) is 8.01. The van der Waals surface area contributed by atoms with Crippen LogP contribution in [-0.2, 0) is 11.2 Å². The quantitative estimate of drug-likeness (QED) is 0.225. The number of benzene rings is 3. The number of hydrogen-bond acceptors (Lipinski definition) is 3. The lowest BCUT2D eigenvalue weighted by atomic mass is 10.0. The van der Waals surface area contributed by atoms with Crippen LogP contribution in [0.2, 0.25) is 0 Å². The first-order chi connectivity index (χ1) is 16.1. The molecule has 0 radical (unpaired) electrons. The Bertz CT molecular complexity index is 1260. The largest absolute Gasteiger partial charge is 0.321 e. The Morgan fingerprint density at radius 3 is 2.42 bits per heavy atom. The molecule has 0 fully saturated rings. The predicted molar refractivity (Wildman–Crippen MR) is 131 cm³/mol. The van der Waals surface area contributed by atoms with E-state index in [1.165, 1.54) is 17.2 Å². The summed E-state index contributed by atoms with van der Waals surface area (Å²) in [5.41, 5.74) is 7.99. The molecular formula is C28H27N3O2. The Kier molecular flexibility index (Phi) is 6.81. The summed E-state index contributed by atoms with van der Waals surface area (Å²) in [5.74, 6) is 0.386. The van der Waals surface area contributed by atoms with Gasteiger partial charge in [0.05, 0.1) is 17.4 Å². The summed E-state index contributed by atoms with van der Waals surface area (Å²) in [7, 11) is 0. The minimum atomic E-state index is -0.566. The maximum atomic E-state index is 11.4. The Balaban J connectivity index is 1.84. The fraction of sp³-hybridized carbons (Fsp3) is 0.143. The van der Waals surface area contributed by atoms with Gasteiger partial charge in [0.25, 0.3) is 5.91 Å². The van der Waals surface area contributed by atoms with Crippen LogP contribution in [0, 0.1) is 6.92 Å². The fourth-order valence-electron chi connectivity index (χ4n) is 4.17. The van der Waals surface area contributed by atoms with E-state index >= 15 is 0 Å². The molecule has 3 aromatic carbocycles. The van der Waals surface area contributed by atoms with Crippen molar-refractivity contribution in [3.63, 3.8) is 0 Å². The van der Waals surface area contributed by atoms with Gasteiger partial charge in [0, 0.05) is 18.1 Å². The summed E-state index contributed by atoms with van der Waals surface area (Å²) < 4.78 is 2.29. The molecule has 0 saturated heterocycles. The van der Waals surface area contributed by atoms with E-state index in [9.17, 15) is 4.79 Å². The van der Waals surface area contributed by atoms with Crippen molar-refractivity contribution in [1.82, 2.24) is 15.0 Å². The highest BCUT2D eigenvalue weighted by Gasteiger charge is 2.21. The van der Waals surface area contributed by atoms with Gasteiger partial charge in [0.2, 0.25) is 0 Å². The number of aromatic nitrogens is 2. The lowest BCUT2D eigenvalue weighted by molar-refractivity contribution is -0.124. The van der Waals surface area contributed by atoms with Crippen LogP contribution in [0.3, 0.4) is 0 Å². The normalized spacial score (nSPS) is 12.1. The van der Waals surface area contributed by atoms with E-state index in [0.717, 1.165) is 34.8 Å². The monoisotopic (exact) mass is 437 g/mol. The number of imidazole rings is 1. The Labute approximate surface area is 194 Å². The third-order valence-corrected chi connectivity index (χ3v) is 5.74. The molecule has 1 amide bonds. The van der Waals surface area contributed by atoms with E-state index in [1.807, 2.05) is 49.4 Å². The molecule has 1 atom stereocenters. The summed E-state index contributed by atoms with van der Waals surface area (Å²) in [6, 6.07) is 28.9. The zero-order chi connectivity index (χ0) is 23.2. The van der Waals surface area contributed by atoms with Gasteiger partial charge in [-0.05, 0) is 42.7 Å². The van der Waals surface area contributed by atoms with Gasteiger partial charge in [0.1, 0.15) is 5.82 Å². The molecule has 5 nitrogen and oxygen atoms in total. The van der Waals surface area contributed by atoms with E-state index in [2.05, 4.69) is 54.0 Å². The average molecular weight is 438 g/mol. The number of aryl methyl sites for hydroxylation is 1.